The van der Waals surface area contributed by atoms with Gasteiger partial charge in [0.15, 0.2) is 0 Å². The Balaban J connectivity index is 1.84. The van der Waals surface area contributed by atoms with E-state index in [1.165, 1.54) is 5.56 Å². The second-order valence-corrected chi connectivity index (χ2v) is 5.66. The molecule has 1 atom stereocenters. The van der Waals surface area contributed by atoms with Crippen molar-refractivity contribution in [1.29, 1.82) is 5.26 Å². The van der Waals surface area contributed by atoms with E-state index in [9.17, 15) is 0 Å². The van der Waals surface area contributed by atoms with E-state index in [0.29, 0.717) is 19.1 Å². The van der Waals surface area contributed by atoms with Gasteiger partial charge in [-0.25, -0.2) is 0 Å². The first-order valence-corrected chi connectivity index (χ1v) is 6.93. The van der Waals surface area contributed by atoms with Crippen LogP contribution in [0.25, 0.3) is 0 Å². The SMILES string of the molecule is CNC(C)Cc1ccc(OCC2(CC#N)CC2)cc1. The van der Waals surface area contributed by atoms with Crippen LogP contribution in [0.1, 0.15) is 31.7 Å². The molecule has 19 heavy (non-hydrogen) atoms. The van der Waals surface area contributed by atoms with Crippen molar-refractivity contribution < 1.29 is 4.74 Å². The molecule has 0 amide bonds. The normalized spacial score (nSPS) is 17.5. The quantitative estimate of drug-likeness (QED) is 0.818. The van der Waals surface area contributed by atoms with Gasteiger partial charge in [-0.15, -0.1) is 0 Å². The highest BCUT2D eigenvalue weighted by Crippen LogP contribution is 2.48. The number of hydrogen-bond donors (Lipinski definition) is 1. The first-order valence-electron chi connectivity index (χ1n) is 6.93. The summed E-state index contributed by atoms with van der Waals surface area (Å²) in [7, 11) is 1.98. The van der Waals surface area contributed by atoms with Crippen LogP contribution in [0.5, 0.6) is 5.75 Å². The van der Waals surface area contributed by atoms with E-state index in [0.717, 1.165) is 25.0 Å². The minimum absolute atomic E-state index is 0.147. The van der Waals surface area contributed by atoms with Gasteiger partial charge in [-0.3, -0.25) is 0 Å². The Bertz CT molecular complexity index is 443. The van der Waals surface area contributed by atoms with Gasteiger partial charge in [-0.05, 0) is 50.9 Å². The van der Waals surface area contributed by atoms with Gasteiger partial charge in [0.1, 0.15) is 5.75 Å². The molecular weight excluding hydrogens is 236 g/mol. The summed E-state index contributed by atoms with van der Waals surface area (Å²) in [6.07, 6.45) is 3.89. The van der Waals surface area contributed by atoms with Gasteiger partial charge in [-0.2, -0.15) is 5.26 Å². The molecule has 0 heterocycles. The number of rotatable bonds is 7. The topological polar surface area (TPSA) is 45.0 Å². The fourth-order valence-corrected chi connectivity index (χ4v) is 2.13. The van der Waals surface area contributed by atoms with E-state index in [4.69, 9.17) is 10.00 Å². The molecule has 3 heteroatoms. The van der Waals surface area contributed by atoms with E-state index >= 15 is 0 Å². The molecule has 1 unspecified atom stereocenters. The van der Waals surface area contributed by atoms with Crippen LogP contribution in [-0.2, 0) is 6.42 Å². The number of ether oxygens (including phenoxy) is 1. The highest BCUT2D eigenvalue weighted by molar-refractivity contribution is 5.28. The van der Waals surface area contributed by atoms with Crippen LogP contribution in [0.2, 0.25) is 0 Å². The molecule has 0 spiro atoms. The molecule has 102 valence electrons. The Morgan fingerprint density at radius 3 is 2.58 bits per heavy atom. The lowest BCUT2D eigenvalue weighted by atomic mass is 10.1. The lowest BCUT2D eigenvalue weighted by Crippen LogP contribution is -2.23. The molecule has 0 saturated heterocycles. The molecule has 1 N–H and O–H groups in total. The van der Waals surface area contributed by atoms with E-state index < -0.39 is 0 Å². The van der Waals surface area contributed by atoms with Gasteiger partial charge >= 0.3 is 0 Å². The zero-order valence-corrected chi connectivity index (χ0v) is 11.8. The van der Waals surface area contributed by atoms with Crippen LogP contribution >= 0.6 is 0 Å². The zero-order valence-electron chi connectivity index (χ0n) is 11.8. The minimum atomic E-state index is 0.147. The molecule has 1 aromatic carbocycles. The first kappa shape index (κ1) is 13.9. The third kappa shape index (κ3) is 3.97. The minimum Gasteiger partial charge on any atom is -0.493 e. The molecular formula is C16H22N2O. The summed E-state index contributed by atoms with van der Waals surface area (Å²) in [6.45, 7) is 2.84. The van der Waals surface area contributed by atoms with Crippen molar-refractivity contribution in [2.24, 2.45) is 5.41 Å². The number of nitrogens with zero attached hydrogens (tertiary/aromatic N) is 1. The summed E-state index contributed by atoms with van der Waals surface area (Å²) >= 11 is 0. The maximum absolute atomic E-state index is 8.77. The molecule has 3 nitrogen and oxygen atoms in total. The van der Waals surface area contributed by atoms with Crippen molar-refractivity contribution in [1.82, 2.24) is 5.32 Å². The highest BCUT2D eigenvalue weighted by Gasteiger charge is 2.43. The summed E-state index contributed by atoms with van der Waals surface area (Å²) in [6, 6.07) is 11.0. The molecule has 2 rings (SSSR count). The smallest absolute Gasteiger partial charge is 0.119 e. The predicted octanol–water partition coefficient (Wildman–Crippen LogP) is 2.91. The lowest BCUT2D eigenvalue weighted by Gasteiger charge is -2.14. The van der Waals surface area contributed by atoms with E-state index in [1.807, 2.05) is 19.2 Å². The second kappa shape index (κ2) is 6.08. The summed E-state index contributed by atoms with van der Waals surface area (Å²) in [5, 5.41) is 12.0. The van der Waals surface area contributed by atoms with Gasteiger partial charge in [0.2, 0.25) is 0 Å². The molecule has 0 aliphatic heterocycles. The molecule has 0 bridgehead atoms. The summed E-state index contributed by atoms with van der Waals surface area (Å²) in [5.74, 6) is 0.907. The molecule has 0 radical (unpaired) electrons. The van der Waals surface area contributed by atoms with Gasteiger partial charge in [-0.1, -0.05) is 12.1 Å². The Labute approximate surface area is 115 Å². The predicted molar refractivity (Wildman–Crippen MR) is 76.1 cm³/mol. The van der Waals surface area contributed by atoms with Gasteiger partial charge in [0.25, 0.3) is 0 Å². The Hall–Kier alpha value is -1.53. The van der Waals surface area contributed by atoms with Gasteiger partial charge < -0.3 is 10.1 Å². The van der Waals surface area contributed by atoms with E-state index in [2.05, 4.69) is 30.4 Å². The molecule has 1 aliphatic rings. The van der Waals surface area contributed by atoms with Crippen LogP contribution in [0.4, 0.5) is 0 Å². The third-order valence-electron chi connectivity index (χ3n) is 3.91. The fourth-order valence-electron chi connectivity index (χ4n) is 2.13. The Kier molecular flexibility index (Phi) is 4.44. The van der Waals surface area contributed by atoms with Crippen molar-refractivity contribution in [2.75, 3.05) is 13.7 Å². The number of nitriles is 1. The van der Waals surface area contributed by atoms with Crippen LogP contribution in [0, 0.1) is 16.7 Å². The van der Waals surface area contributed by atoms with Crippen LogP contribution in [-0.4, -0.2) is 19.7 Å². The molecule has 0 aromatic heterocycles. The summed E-state index contributed by atoms with van der Waals surface area (Å²) in [4.78, 5) is 0. The van der Waals surface area contributed by atoms with Crippen LogP contribution < -0.4 is 10.1 Å². The van der Waals surface area contributed by atoms with Crippen LogP contribution in [0.3, 0.4) is 0 Å². The third-order valence-corrected chi connectivity index (χ3v) is 3.91. The van der Waals surface area contributed by atoms with Gasteiger partial charge in [0, 0.05) is 17.9 Å². The van der Waals surface area contributed by atoms with Gasteiger partial charge in [0.05, 0.1) is 12.7 Å². The monoisotopic (exact) mass is 258 g/mol. The fraction of sp³-hybridized carbons (Fsp3) is 0.562. The number of nitrogens with one attached hydrogen (secondary N) is 1. The Morgan fingerprint density at radius 2 is 2.05 bits per heavy atom. The number of hydrogen-bond acceptors (Lipinski definition) is 3. The first-order chi connectivity index (χ1) is 9.17. The van der Waals surface area contributed by atoms with E-state index in [1.54, 1.807) is 0 Å². The van der Waals surface area contributed by atoms with E-state index in [-0.39, 0.29) is 5.41 Å². The van der Waals surface area contributed by atoms with Crippen molar-refractivity contribution in [3.05, 3.63) is 29.8 Å². The van der Waals surface area contributed by atoms with Crippen molar-refractivity contribution in [2.45, 2.75) is 38.6 Å². The Morgan fingerprint density at radius 1 is 1.37 bits per heavy atom. The summed E-state index contributed by atoms with van der Waals surface area (Å²) < 4.78 is 5.81. The average molecular weight is 258 g/mol. The van der Waals surface area contributed by atoms with Crippen molar-refractivity contribution >= 4 is 0 Å². The molecule has 1 saturated carbocycles. The standard InChI is InChI=1S/C16H22N2O/c1-13(18-2)11-14-3-5-15(6-4-14)19-12-16(7-8-16)9-10-17/h3-6,13,18H,7-9,11-12H2,1-2H3. The van der Waals surface area contributed by atoms with Crippen molar-refractivity contribution in [3.63, 3.8) is 0 Å². The summed E-state index contributed by atoms with van der Waals surface area (Å²) in [5.41, 5.74) is 1.46. The number of benzene rings is 1. The lowest BCUT2D eigenvalue weighted by molar-refractivity contribution is 0.237. The largest absolute Gasteiger partial charge is 0.493 e. The van der Waals surface area contributed by atoms with Crippen molar-refractivity contribution in [3.8, 4) is 11.8 Å². The highest BCUT2D eigenvalue weighted by atomic mass is 16.5. The molecule has 1 aromatic rings. The maximum Gasteiger partial charge on any atom is 0.119 e. The average Bonchev–Trinajstić information content (AvgIpc) is 3.18. The van der Waals surface area contributed by atoms with Crippen LogP contribution in [0.15, 0.2) is 24.3 Å². The molecule has 1 fully saturated rings. The molecule has 1 aliphatic carbocycles. The zero-order chi connectivity index (χ0) is 13.7. The second-order valence-electron chi connectivity index (χ2n) is 5.66. The number of likely N-dealkylation sites (N-methyl/N-ethyl adjacent to an activating group) is 1. The maximum atomic E-state index is 8.77.